The summed E-state index contributed by atoms with van der Waals surface area (Å²) in [5, 5.41) is 15.7. The summed E-state index contributed by atoms with van der Waals surface area (Å²) < 4.78 is 0. The lowest BCUT2D eigenvalue weighted by molar-refractivity contribution is -0.122. The van der Waals surface area contributed by atoms with Gasteiger partial charge in [0, 0.05) is 49.5 Å². The van der Waals surface area contributed by atoms with Crippen molar-refractivity contribution in [3.05, 3.63) is 41.6 Å². The number of hydrogen-bond acceptors (Lipinski definition) is 7. The van der Waals surface area contributed by atoms with Crippen molar-refractivity contribution < 1.29 is 4.79 Å². The van der Waals surface area contributed by atoms with Crippen LogP contribution in [0.2, 0.25) is 0 Å². The summed E-state index contributed by atoms with van der Waals surface area (Å²) in [7, 11) is 0. The van der Waals surface area contributed by atoms with Gasteiger partial charge >= 0.3 is 0 Å². The van der Waals surface area contributed by atoms with E-state index in [4.69, 9.17) is 10.2 Å². The summed E-state index contributed by atoms with van der Waals surface area (Å²) in [5.41, 5.74) is 2.37. The van der Waals surface area contributed by atoms with Crippen molar-refractivity contribution in [2.45, 2.75) is 57.9 Å². The summed E-state index contributed by atoms with van der Waals surface area (Å²) in [6.45, 7) is 6.84. The third-order valence-corrected chi connectivity index (χ3v) is 6.50. The Morgan fingerprint density at radius 3 is 2.82 bits per heavy atom. The third-order valence-electron chi connectivity index (χ3n) is 6.50. The van der Waals surface area contributed by atoms with E-state index in [1.165, 1.54) is 19.3 Å². The molecule has 8 heteroatoms. The summed E-state index contributed by atoms with van der Waals surface area (Å²) in [6, 6.07) is 11.7. The van der Waals surface area contributed by atoms with Crippen LogP contribution in [-0.4, -0.2) is 59.5 Å². The lowest BCUT2D eigenvalue weighted by atomic mass is 10.1. The fraction of sp³-hybridized carbons (Fsp3) is 0.538. The molecule has 1 amide bonds. The van der Waals surface area contributed by atoms with E-state index in [0.717, 1.165) is 69.2 Å². The maximum absolute atomic E-state index is 12.5. The van der Waals surface area contributed by atoms with Gasteiger partial charge in [0.2, 0.25) is 11.9 Å². The van der Waals surface area contributed by atoms with Gasteiger partial charge in [-0.1, -0.05) is 25.8 Å². The van der Waals surface area contributed by atoms with Crippen LogP contribution >= 0.6 is 0 Å². The highest BCUT2D eigenvalue weighted by Gasteiger charge is 2.26. The Hall–Kier alpha value is -3.18. The molecule has 1 unspecified atom stereocenters. The summed E-state index contributed by atoms with van der Waals surface area (Å²) in [6.07, 6.45) is 7.16. The van der Waals surface area contributed by atoms with Crippen LogP contribution in [0.5, 0.6) is 0 Å². The van der Waals surface area contributed by atoms with Gasteiger partial charge in [-0.3, -0.25) is 4.79 Å². The van der Waals surface area contributed by atoms with Crippen LogP contribution in [0.3, 0.4) is 0 Å². The molecule has 1 aromatic heterocycles. The number of nitrogens with one attached hydrogen (secondary N) is 2. The van der Waals surface area contributed by atoms with Crippen LogP contribution in [-0.2, 0) is 11.2 Å². The first-order valence-electron chi connectivity index (χ1n) is 12.5. The lowest BCUT2D eigenvalue weighted by Crippen LogP contribution is -2.39. The van der Waals surface area contributed by atoms with Gasteiger partial charge in [0.05, 0.1) is 11.6 Å². The molecule has 4 rings (SSSR count). The number of benzene rings is 1. The highest BCUT2D eigenvalue weighted by molar-refractivity contribution is 5.76. The number of aromatic nitrogens is 2. The number of rotatable bonds is 9. The molecule has 180 valence electrons. The van der Waals surface area contributed by atoms with Crippen molar-refractivity contribution in [3.8, 4) is 6.07 Å². The SMILES string of the molecule is CCCc1cc(N2CCC(NC(=O)CCN3CCCCC3)C2)nc(Nc2cccc(C#N)c2)n1. The molecule has 0 spiro atoms. The molecule has 8 nitrogen and oxygen atoms in total. The first-order chi connectivity index (χ1) is 16.6. The molecule has 2 aromatic rings. The number of piperidine rings is 1. The van der Waals surface area contributed by atoms with Crippen molar-refractivity contribution in [2.75, 3.05) is 42.9 Å². The second-order valence-electron chi connectivity index (χ2n) is 9.26. The quantitative estimate of drug-likeness (QED) is 0.589. The second-order valence-corrected chi connectivity index (χ2v) is 9.26. The number of anilines is 3. The minimum atomic E-state index is 0.141. The van der Waals surface area contributed by atoms with Crippen molar-refractivity contribution >= 4 is 23.4 Å². The van der Waals surface area contributed by atoms with Crippen LogP contribution in [0.15, 0.2) is 30.3 Å². The monoisotopic (exact) mass is 461 g/mol. The number of aryl methyl sites for hydroxylation is 1. The average molecular weight is 462 g/mol. The molecule has 34 heavy (non-hydrogen) atoms. The van der Waals surface area contributed by atoms with E-state index >= 15 is 0 Å². The zero-order chi connectivity index (χ0) is 23.8. The van der Waals surface area contributed by atoms with Crippen molar-refractivity contribution in [2.24, 2.45) is 0 Å². The normalized spacial score (nSPS) is 18.5. The van der Waals surface area contributed by atoms with Gasteiger partial charge in [0.25, 0.3) is 0 Å². The van der Waals surface area contributed by atoms with Crippen LogP contribution in [0, 0.1) is 11.3 Å². The van der Waals surface area contributed by atoms with Gasteiger partial charge in [-0.2, -0.15) is 10.2 Å². The summed E-state index contributed by atoms with van der Waals surface area (Å²) >= 11 is 0. The minimum absolute atomic E-state index is 0.141. The molecule has 2 fully saturated rings. The molecule has 0 bridgehead atoms. The first kappa shape index (κ1) is 24.0. The fourth-order valence-electron chi connectivity index (χ4n) is 4.71. The Bertz CT molecular complexity index is 1010. The molecule has 0 radical (unpaired) electrons. The molecule has 3 heterocycles. The van der Waals surface area contributed by atoms with Gasteiger partial charge in [0.15, 0.2) is 0 Å². The number of nitrogens with zero attached hydrogens (tertiary/aromatic N) is 5. The van der Waals surface area contributed by atoms with Gasteiger partial charge in [-0.15, -0.1) is 0 Å². The topological polar surface area (TPSA) is 97.2 Å². The van der Waals surface area contributed by atoms with Gasteiger partial charge < -0.3 is 20.4 Å². The Kier molecular flexibility index (Phi) is 8.31. The standard InChI is InChI=1S/C26H35N7O/c1-2-7-21-17-24(31-26(29-21)30-22-9-6-8-20(16-22)18-27)33-15-10-23(19-33)28-25(34)11-14-32-12-4-3-5-13-32/h6,8-9,16-17,23H,2-5,7,10-15,19H2,1H3,(H,28,34)(H,29,30,31). The number of nitriles is 1. The number of hydrogen-bond donors (Lipinski definition) is 2. The molecule has 0 saturated carbocycles. The van der Waals surface area contributed by atoms with E-state index < -0.39 is 0 Å². The largest absolute Gasteiger partial charge is 0.354 e. The van der Waals surface area contributed by atoms with Crippen LogP contribution in [0.4, 0.5) is 17.5 Å². The smallest absolute Gasteiger partial charge is 0.229 e. The molecule has 2 aliphatic rings. The fourth-order valence-corrected chi connectivity index (χ4v) is 4.71. The van der Waals surface area contributed by atoms with E-state index in [1.807, 2.05) is 12.1 Å². The Morgan fingerprint density at radius 1 is 1.18 bits per heavy atom. The maximum Gasteiger partial charge on any atom is 0.229 e. The van der Waals surface area contributed by atoms with Crippen LogP contribution < -0.4 is 15.5 Å². The van der Waals surface area contributed by atoms with E-state index in [1.54, 1.807) is 12.1 Å². The molecule has 1 aromatic carbocycles. The number of amides is 1. The zero-order valence-electron chi connectivity index (χ0n) is 20.1. The van der Waals surface area contributed by atoms with Gasteiger partial charge in [0.1, 0.15) is 5.82 Å². The molecular formula is C26H35N7O. The van der Waals surface area contributed by atoms with Gasteiger partial charge in [-0.05, 0) is 57.0 Å². The minimum Gasteiger partial charge on any atom is -0.354 e. The molecule has 2 saturated heterocycles. The van der Waals surface area contributed by atoms with Crippen molar-refractivity contribution in [1.82, 2.24) is 20.2 Å². The third kappa shape index (κ3) is 6.67. The predicted molar refractivity (Wildman–Crippen MR) is 134 cm³/mol. The Morgan fingerprint density at radius 2 is 2.03 bits per heavy atom. The molecule has 2 aliphatic heterocycles. The molecule has 2 N–H and O–H groups in total. The number of carbonyl (C=O) groups is 1. The lowest BCUT2D eigenvalue weighted by Gasteiger charge is -2.26. The second kappa shape index (κ2) is 11.8. The highest BCUT2D eigenvalue weighted by Crippen LogP contribution is 2.23. The number of carbonyl (C=O) groups excluding carboxylic acids is 1. The van der Waals surface area contributed by atoms with Crippen LogP contribution in [0.25, 0.3) is 0 Å². The summed E-state index contributed by atoms with van der Waals surface area (Å²) in [5.74, 6) is 1.55. The molecule has 1 atom stereocenters. The van der Waals surface area contributed by atoms with E-state index in [9.17, 15) is 4.79 Å². The van der Waals surface area contributed by atoms with E-state index in [-0.39, 0.29) is 11.9 Å². The Labute approximate surface area is 202 Å². The van der Waals surface area contributed by atoms with Crippen molar-refractivity contribution in [3.63, 3.8) is 0 Å². The number of likely N-dealkylation sites (tertiary alicyclic amines) is 1. The molecular weight excluding hydrogens is 426 g/mol. The van der Waals surface area contributed by atoms with Crippen LogP contribution in [0.1, 0.15) is 56.7 Å². The zero-order valence-corrected chi connectivity index (χ0v) is 20.1. The van der Waals surface area contributed by atoms with E-state index in [0.29, 0.717) is 17.9 Å². The first-order valence-corrected chi connectivity index (χ1v) is 12.5. The van der Waals surface area contributed by atoms with E-state index in [2.05, 4.69) is 44.5 Å². The van der Waals surface area contributed by atoms with Gasteiger partial charge in [-0.25, -0.2) is 4.98 Å². The maximum atomic E-state index is 12.5. The Balaban J connectivity index is 1.37. The highest BCUT2D eigenvalue weighted by atomic mass is 16.1. The predicted octanol–water partition coefficient (Wildman–Crippen LogP) is 3.62. The van der Waals surface area contributed by atoms with Crippen molar-refractivity contribution in [1.29, 1.82) is 5.26 Å². The average Bonchev–Trinajstić information content (AvgIpc) is 3.32. The molecule has 0 aliphatic carbocycles. The summed E-state index contributed by atoms with van der Waals surface area (Å²) in [4.78, 5) is 26.6.